The van der Waals surface area contributed by atoms with Gasteiger partial charge in [-0.1, -0.05) is 0 Å². The highest BCUT2D eigenvalue weighted by molar-refractivity contribution is 6.34. The number of aromatic nitrogens is 1. The van der Waals surface area contributed by atoms with Crippen molar-refractivity contribution < 1.29 is 18.8 Å². The zero-order valence-corrected chi connectivity index (χ0v) is 17.8. The number of amides is 3. The molecule has 3 amide bonds. The molecular weight excluding hydrogens is 399 g/mol. The number of anilines is 1. The lowest BCUT2D eigenvalue weighted by Gasteiger charge is -2.31. The van der Waals surface area contributed by atoms with Gasteiger partial charge in [-0.25, -0.2) is 4.39 Å². The molecule has 4 rings (SSSR count). The van der Waals surface area contributed by atoms with E-state index in [1.807, 2.05) is 13.8 Å². The van der Waals surface area contributed by atoms with Crippen LogP contribution in [-0.4, -0.2) is 46.7 Å². The molecule has 1 saturated heterocycles. The van der Waals surface area contributed by atoms with Crippen LogP contribution in [0.4, 0.5) is 10.1 Å². The minimum atomic E-state index is -0.420. The largest absolute Gasteiger partial charge is 0.358 e. The molecule has 2 aliphatic heterocycles. The Bertz CT molecular complexity index is 1110. The highest BCUT2D eigenvalue weighted by Crippen LogP contribution is 2.34. The summed E-state index contributed by atoms with van der Waals surface area (Å²) in [5, 5.41) is 5.80. The van der Waals surface area contributed by atoms with Gasteiger partial charge in [0.15, 0.2) is 0 Å². The van der Waals surface area contributed by atoms with E-state index in [-0.39, 0.29) is 23.8 Å². The number of carbonyl (C=O) groups excluding carboxylic acids is 3. The number of rotatable bonds is 3. The van der Waals surface area contributed by atoms with E-state index in [1.165, 1.54) is 18.2 Å². The van der Waals surface area contributed by atoms with E-state index in [0.717, 1.165) is 5.56 Å². The second-order valence-electron chi connectivity index (χ2n) is 8.12. The first kappa shape index (κ1) is 20.8. The third-order valence-corrected chi connectivity index (χ3v) is 6.03. The molecule has 7 nitrogen and oxygen atoms in total. The maximum absolute atomic E-state index is 13.7. The van der Waals surface area contributed by atoms with Crippen molar-refractivity contribution in [2.24, 2.45) is 0 Å². The van der Waals surface area contributed by atoms with Crippen LogP contribution in [0.1, 0.15) is 52.6 Å². The summed E-state index contributed by atoms with van der Waals surface area (Å²) >= 11 is 0. The molecule has 3 heterocycles. The molecule has 162 valence electrons. The molecule has 0 radical (unpaired) electrons. The predicted molar refractivity (Wildman–Crippen MR) is 116 cm³/mol. The second-order valence-corrected chi connectivity index (χ2v) is 8.12. The van der Waals surface area contributed by atoms with Gasteiger partial charge in [-0.05, 0) is 56.5 Å². The van der Waals surface area contributed by atoms with E-state index in [1.54, 1.807) is 17.9 Å². The molecule has 0 unspecified atom stereocenters. The predicted octanol–water partition coefficient (Wildman–Crippen LogP) is 3.00. The monoisotopic (exact) mass is 424 g/mol. The van der Waals surface area contributed by atoms with Crippen LogP contribution in [0.3, 0.4) is 0 Å². The van der Waals surface area contributed by atoms with Gasteiger partial charge in [0, 0.05) is 48.7 Å². The van der Waals surface area contributed by atoms with Crippen molar-refractivity contribution in [2.75, 3.05) is 18.4 Å². The summed E-state index contributed by atoms with van der Waals surface area (Å²) < 4.78 is 13.7. The molecule has 0 saturated carbocycles. The summed E-state index contributed by atoms with van der Waals surface area (Å²) in [6.07, 6.45) is 3.09. The summed E-state index contributed by atoms with van der Waals surface area (Å²) in [5.74, 6) is -0.858. The van der Waals surface area contributed by atoms with Gasteiger partial charge in [0.05, 0.1) is 11.1 Å². The molecule has 0 aliphatic carbocycles. The smallest absolute Gasteiger partial charge is 0.256 e. The van der Waals surface area contributed by atoms with Crippen LogP contribution in [0.25, 0.3) is 11.6 Å². The maximum Gasteiger partial charge on any atom is 0.256 e. The lowest BCUT2D eigenvalue weighted by Crippen LogP contribution is -2.46. The van der Waals surface area contributed by atoms with Crippen molar-refractivity contribution in [1.82, 2.24) is 15.2 Å². The number of H-pyrrole nitrogens is 1. The van der Waals surface area contributed by atoms with Gasteiger partial charge in [0.2, 0.25) is 5.91 Å². The third-order valence-electron chi connectivity index (χ3n) is 6.03. The zero-order valence-electron chi connectivity index (χ0n) is 17.8. The van der Waals surface area contributed by atoms with E-state index in [4.69, 9.17) is 0 Å². The van der Waals surface area contributed by atoms with Gasteiger partial charge < -0.3 is 20.5 Å². The number of halogens is 1. The highest BCUT2D eigenvalue weighted by atomic mass is 19.1. The van der Waals surface area contributed by atoms with Gasteiger partial charge >= 0.3 is 0 Å². The van der Waals surface area contributed by atoms with E-state index in [2.05, 4.69) is 15.6 Å². The standard InChI is InChI=1S/C23H25FN4O3/c1-12-20(11-18-17-10-15(24)4-5-19(17)27-22(18)30)25-13(2)21(12)23(31)26-16-6-8-28(9-7-16)14(3)29/h4-5,10-11,16,25H,6-9H2,1-3H3,(H,26,31)(H,27,30). The Balaban J connectivity index is 1.55. The Kier molecular flexibility index (Phi) is 5.39. The van der Waals surface area contributed by atoms with Crippen LogP contribution in [0.2, 0.25) is 0 Å². The van der Waals surface area contributed by atoms with Crippen LogP contribution in [0, 0.1) is 19.7 Å². The summed E-state index contributed by atoms with van der Waals surface area (Å²) in [5.41, 5.74) is 4.01. The number of aryl methyl sites for hydroxylation is 1. The van der Waals surface area contributed by atoms with E-state index < -0.39 is 5.82 Å². The molecule has 31 heavy (non-hydrogen) atoms. The van der Waals surface area contributed by atoms with Gasteiger partial charge in [-0.15, -0.1) is 0 Å². The third kappa shape index (κ3) is 3.97. The van der Waals surface area contributed by atoms with Crippen molar-refractivity contribution in [3.05, 3.63) is 52.1 Å². The van der Waals surface area contributed by atoms with Gasteiger partial charge in [0.1, 0.15) is 5.82 Å². The molecule has 0 bridgehead atoms. The van der Waals surface area contributed by atoms with E-state index in [9.17, 15) is 18.8 Å². The number of nitrogens with zero attached hydrogens (tertiary/aromatic N) is 1. The lowest BCUT2D eigenvalue weighted by atomic mass is 10.0. The second kappa shape index (κ2) is 8.02. The first-order valence-corrected chi connectivity index (χ1v) is 10.3. The first-order chi connectivity index (χ1) is 14.7. The van der Waals surface area contributed by atoms with Crippen molar-refractivity contribution in [2.45, 2.75) is 39.7 Å². The van der Waals surface area contributed by atoms with Crippen molar-refractivity contribution in [3.8, 4) is 0 Å². The average Bonchev–Trinajstić information content (AvgIpc) is 3.17. The Labute approximate surface area is 179 Å². The van der Waals surface area contributed by atoms with Crippen LogP contribution >= 0.6 is 0 Å². The lowest BCUT2D eigenvalue weighted by molar-refractivity contribution is -0.129. The zero-order chi connectivity index (χ0) is 22.3. The summed E-state index contributed by atoms with van der Waals surface area (Å²) in [6.45, 7) is 6.45. The molecule has 1 aromatic carbocycles. The Morgan fingerprint density at radius 3 is 2.61 bits per heavy atom. The van der Waals surface area contributed by atoms with E-state index >= 15 is 0 Å². The van der Waals surface area contributed by atoms with Gasteiger partial charge in [-0.2, -0.15) is 0 Å². The molecule has 1 aromatic heterocycles. The Morgan fingerprint density at radius 2 is 1.94 bits per heavy atom. The van der Waals surface area contributed by atoms with Crippen LogP contribution < -0.4 is 10.6 Å². The summed E-state index contributed by atoms with van der Waals surface area (Å²) in [4.78, 5) is 41.8. The molecule has 2 aromatic rings. The minimum absolute atomic E-state index is 0.00840. The number of likely N-dealkylation sites (tertiary alicyclic amines) is 1. The molecule has 0 spiro atoms. The number of nitrogens with one attached hydrogen (secondary N) is 3. The number of hydrogen-bond acceptors (Lipinski definition) is 3. The topological polar surface area (TPSA) is 94.3 Å². The fourth-order valence-corrected chi connectivity index (χ4v) is 4.30. The summed E-state index contributed by atoms with van der Waals surface area (Å²) in [7, 11) is 0. The quantitative estimate of drug-likeness (QED) is 0.661. The summed E-state index contributed by atoms with van der Waals surface area (Å²) in [6, 6.07) is 4.17. The number of hydrogen-bond donors (Lipinski definition) is 3. The fourth-order valence-electron chi connectivity index (χ4n) is 4.30. The normalized spacial score (nSPS) is 17.6. The number of carbonyl (C=O) groups is 3. The van der Waals surface area contributed by atoms with Crippen molar-refractivity contribution in [3.63, 3.8) is 0 Å². The molecule has 2 aliphatic rings. The first-order valence-electron chi connectivity index (χ1n) is 10.3. The van der Waals surface area contributed by atoms with Gasteiger partial charge in [-0.3, -0.25) is 14.4 Å². The number of fused-ring (bicyclic) bond motifs is 1. The molecule has 8 heteroatoms. The number of piperidine rings is 1. The number of aromatic amines is 1. The molecule has 0 atom stereocenters. The minimum Gasteiger partial charge on any atom is -0.358 e. The number of benzene rings is 1. The van der Waals surface area contributed by atoms with E-state index in [0.29, 0.717) is 59.7 Å². The molecule has 3 N–H and O–H groups in total. The van der Waals surface area contributed by atoms with Gasteiger partial charge in [0.25, 0.3) is 11.8 Å². The average molecular weight is 424 g/mol. The Hall–Kier alpha value is -3.42. The SMILES string of the molecule is CC(=O)N1CCC(NC(=O)c2c(C)[nH]c(C=C3C(=O)Nc4ccc(F)cc43)c2C)CC1. The molecular formula is C23H25FN4O3. The van der Waals surface area contributed by atoms with Crippen LogP contribution in [-0.2, 0) is 9.59 Å². The Morgan fingerprint density at radius 1 is 1.23 bits per heavy atom. The van der Waals surface area contributed by atoms with Crippen LogP contribution in [0.15, 0.2) is 18.2 Å². The fraction of sp³-hybridized carbons (Fsp3) is 0.348. The van der Waals surface area contributed by atoms with Crippen LogP contribution in [0.5, 0.6) is 0 Å². The van der Waals surface area contributed by atoms with Crippen molar-refractivity contribution in [1.29, 1.82) is 0 Å². The van der Waals surface area contributed by atoms with Crippen molar-refractivity contribution >= 4 is 35.1 Å². The highest BCUT2D eigenvalue weighted by Gasteiger charge is 2.27. The molecule has 1 fully saturated rings. The maximum atomic E-state index is 13.7.